The SMILES string of the molecule is CCC(CC)(CC(=O)Nc1ccc2oc(N(C)C)nc2c1)C(=O)O. The van der Waals surface area contributed by atoms with Gasteiger partial charge in [-0.2, -0.15) is 4.98 Å². The lowest BCUT2D eigenvalue weighted by molar-refractivity contribution is -0.151. The van der Waals surface area contributed by atoms with Crippen LogP contribution in [-0.2, 0) is 9.59 Å². The summed E-state index contributed by atoms with van der Waals surface area (Å²) in [7, 11) is 3.66. The van der Waals surface area contributed by atoms with Gasteiger partial charge in [0, 0.05) is 26.2 Å². The van der Waals surface area contributed by atoms with Crippen LogP contribution < -0.4 is 10.2 Å². The highest BCUT2D eigenvalue weighted by atomic mass is 16.4. The number of anilines is 2. The maximum absolute atomic E-state index is 12.3. The highest BCUT2D eigenvalue weighted by Gasteiger charge is 2.37. The van der Waals surface area contributed by atoms with E-state index in [9.17, 15) is 14.7 Å². The first-order valence-electron chi connectivity index (χ1n) is 7.92. The minimum Gasteiger partial charge on any atom is -0.481 e. The fraction of sp³-hybridized carbons (Fsp3) is 0.471. The van der Waals surface area contributed by atoms with Gasteiger partial charge in [-0.05, 0) is 31.0 Å². The molecule has 0 aliphatic carbocycles. The summed E-state index contributed by atoms with van der Waals surface area (Å²) in [6, 6.07) is 5.64. The van der Waals surface area contributed by atoms with Crippen molar-refractivity contribution in [2.75, 3.05) is 24.3 Å². The van der Waals surface area contributed by atoms with E-state index < -0.39 is 11.4 Å². The van der Waals surface area contributed by atoms with Crippen molar-refractivity contribution < 1.29 is 19.1 Å². The van der Waals surface area contributed by atoms with Crippen LogP contribution in [0.25, 0.3) is 11.1 Å². The lowest BCUT2D eigenvalue weighted by Gasteiger charge is -2.25. The zero-order chi connectivity index (χ0) is 17.9. The molecule has 7 heteroatoms. The van der Waals surface area contributed by atoms with E-state index in [2.05, 4.69) is 10.3 Å². The average Bonchev–Trinajstić information content (AvgIpc) is 2.96. The molecule has 0 bridgehead atoms. The van der Waals surface area contributed by atoms with Gasteiger partial charge in [-0.25, -0.2) is 0 Å². The van der Waals surface area contributed by atoms with Crippen molar-refractivity contribution in [1.82, 2.24) is 4.98 Å². The molecule has 1 heterocycles. The second-order valence-corrected chi connectivity index (χ2v) is 6.09. The van der Waals surface area contributed by atoms with Crippen LogP contribution in [0.5, 0.6) is 0 Å². The molecule has 0 atom stereocenters. The zero-order valence-corrected chi connectivity index (χ0v) is 14.4. The van der Waals surface area contributed by atoms with E-state index in [-0.39, 0.29) is 12.3 Å². The van der Waals surface area contributed by atoms with Crippen molar-refractivity contribution in [3.05, 3.63) is 18.2 Å². The fourth-order valence-electron chi connectivity index (χ4n) is 2.57. The molecule has 2 rings (SSSR count). The number of nitrogens with zero attached hydrogens (tertiary/aromatic N) is 2. The van der Waals surface area contributed by atoms with Gasteiger partial charge >= 0.3 is 5.97 Å². The molecule has 0 unspecified atom stereocenters. The zero-order valence-electron chi connectivity index (χ0n) is 14.4. The van der Waals surface area contributed by atoms with E-state index in [0.717, 1.165) is 0 Å². The molecular formula is C17H23N3O4. The first kappa shape index (κ1) is 17.8. The van der Waals surface area contributed by atoms with Crippen molar-refractivity contribution in [1.29, 1.82) is 0 Å². The van der Waals surface area contributed by atoms with Gasteiger partial charge in [-0.15, -0.1) is 0 Å². The number of amides is 1. The molecule has 130 valence electrons. The molecule has 0 saturated heterocycles. The molecule has 0 saturated carbocycles. The number of carbonyl (C=O) groups excluding carboxylic acids is 1. The summed E-state index contributed by atoms with van der Waals surface area (Å²) in [6.07, 6.45) is 0.747. The molecule has 0 radical (unpaired) electrons. The molecular weight excluding hydrogens is 310 g/mol. The third-order valence-corrected chi connectivity index (χ3v) is 4.35. The molecule has 24 heavy (non-hydrogen) atoms. The van der Waals surface area contributed by atoms with Crippen LogP contribution in [0.15, 0.2) is 22.6 Å². The summed E-state index contributed by atoms with van der Waals surface area (Å²) < 4.78 is 5.56. The largest absolute Gasteiger partial charge is 0.481 e. The monoisotopic (exact) mass is 333 g/mol. The van der Waals surface area contributed by atoms with Gasteiger partial charge in [0.15, 0.2) is 5.58 Å². The van der Waals surface area contributed by atoms with E-state index >= 15 is 0 Å². The van der Waals surface area contributed by atoms with Crippen LogP contribution in [0.3, 0.4) is 0 Å². The third kappa shape index (κ3) is 3.50. The molecule has 0 spiro atoms. The molecule has 7 nitrogen and oxygen atoms in total. The predicted molar refractivity (Wildman–Crippen MR) is 92.2 cm³/mol. The maximum Gasteiger partial charge on any atom is 0.310 e. The number of carboxylic acid groups (broad SMARTS) is 1. The van der Waals surface area contributed by atoms with E-state index in [4.69, 9.17) is 4.42 Å². The third-order valence-electron chi connectivity index (χ3n) is 4.35. The van der Waals surface area contributed by atoms with E-state index in [1.807, 2.05) is 14.1 Å². The van der Waals surface area contributed by atoms with Gasteiger partial charge in [-0.3, -0.25) is 9.59 Å². The minimum atomic E-state index is -1.03. The van der Waals surface area contributed by atoms with Gasteiger partial charge in [-0.1, -0.05) is 13.8 Å². The number of oxazole rings is 1. The Labute approximate surface area is 140 Å². The number of hydrogen-bond donors (Lipinski definition) is 2. The number of carbonyl (C=O) groups is 2. The van der Waals surface area contributed by atoms with Crippen LogP contribution >= 0.6 is 0 Å². The summed E-state index contributed by atoms with van der Waals surface area (Å²) in [5, 5.41) is 12.2. The van der Waals surface area contributed by atoms with Gasteiger partial charge in [0.1, 0.15) is 5.52 Å². The first-order valence-corrected chi connectivity index (χ1v) is 7.92. The first-order chi connectivity index (χ1) is 11.3. The Balaban J connectivity index is 2.16. The lowest BCUT2D eigenvalue weighted by atomic mass is 9.79. The van der Waals surface area contributed by atoms with Crippen molar-refractivity contribution in [3.63, 3.8) is 0 Å². The maximum atomic E-state index is 12.3. The number of rotatable bonds is 7. The van der Waals surface area contributed by atoms with Gasteiger partial charge in [0.25, 0.3) is 6.01 Å². The number of nitrogens with one attached hydrogen (secondary N) is 1. The Morgan fingerprint density at radius 3 is 2.50 bits per heavy atom. The highest BCUT2D eigenvalue weighted by Crippen LogP contribution is 2.31. The second-order valence-electron chi connectivity index (χ2n) is 6.09. The molecule has 2 N–H and O–H groups in total. The Morgan fingerprint density at radius 1 is 1.29 bits per heavy atom. The van der Waals surface area contributed by atoms with Crippen LogP contribution in [0.4, 0.5) is 11.7 Å². The van der Waals surface area contributed by atoms with E-state index in [1.165, 1.54) is 0 Å². The highest BCUT2D eigenvalue weighted by molar-refractivity contribution is 5.95. The summed E-state index contributed by atoms with van der Waals surface area (Å²) in [6.45, 7) is 3.57. The number of aliphatic carboxylic acids is 1. The normalized spacial score (nSPS) is 11.5. The Bertz CT molecular complexity index is 747. The molecule has 0 aliphatic heterocycles. The smallest absolute Gasteiger partial charge is 0.310 e. The van der Waals surface area contributed by atoms with Crippen molar-refractivity contribution in [2.24, 2.45) is 5.41 Å². The average molecular weight is 333 g/mol. The van der Waals surface area contributed by atoms with Gasteiger partial charge in [0.05, 0.1) is 5.41 Å². The minimum absolute atomic E-state index is 0.0604. The number of fused-ring (bicyclic) bond motifs is 1. The Hall–Kier alpha value is -2.57. The molecule has 1 aromatic carbocycles. The lowest BCUT2D eigenvalue weighted by Crippen LogP contribution is -2.34. The molecule has 1 aromatic heterocycles. The second kappa shape index (κ2) is 6.90. The van der Waals surface area contributed by atoms with Crippen molar-refractivity contribution in [2.45, 2.75) is 33.1 Å². The molecule has 1 amide bonds. The van der Waals surface area contributed by atoms with Crippen LogP contribution in [0.2, 0.25) is 0 Å². The van der Waals surface area contributed by atoms with Crippen molar-refractivity contribution >= 4 is 34.7 Å². The molecule has 2 aromatic rings. The summed E-state index contributed by atoms with van der Waals surface area (Å²) in [4.78, 5) is 29.9. The fourth-order valence-corrected chi connectivity index (χ4v) is 2.57. The topological polar surface area (TPSA) is 95.7 Å². The summed E-state index contributed by atoms with van der Waals surface area (Å²) >= 11 is 0. The van der Waals surface area contributed by atoms with Crippen LogP contribution in [0.1, 0.15) is 33.1 Å². The number of benzene rings is 1. The number of carboxylic acids is 1. The predicted octanol–water partition coefficient (Wildman–Crippen LogP) is 3.11. The van der Waals surface area contributed by atoms with E-state index in [1.54, 1.807) is 36.9 Å². The van der Waals surface area contributed by atoms with Gasteiger partial charge < -0.3 is 19.7 Å². The quantitative estimate of drug-likeness (QED) is 0.808. The van der Waals surface area contributed by atoms with E-state index in [0.29, 0.717) is 35.6 Å². The standard InChI is InChI=1S/C17H23N3O4/c1-5-17(6-2,15(22)23)10-14(21)18-11-7-8-13-12(9-11)19-16(24-13)20(3)4/h7-9H,5-6,10H2,1-4H3,(H,18,21)(H,22,23). The summed E-state index contributed by atoms with van der Waals surface area (Å²) in [5.41, 5.74) is 0.795. The summed E-state index contributed by atoms with van der Waals surface area (Å²) in [5.74, 6) is -1.26. The molecule has 0 fully saturated rings. The van der Waals surface area contributed by atoms with Crippen molar-refractivity contribution in [3.8, 4) is 0 Å². The molecule has 0 aliphatic rings. The number of aromatic nitrogens is 1. The Morgan fingerprint density at radius 2 is 1.96 bits per heavy atom. The van der Waals surface area contributed by atoms with Gasteiger partial charge in [0.2, 0.25) is 5.91 Å². The van der Waals surface area contributed by atoms with Crippen LogP contribution in [-0.4, -0.2) is 36.1 Å². The Kier molecular flexibility index (Phi) is 5.11. The number of hydrogen-bond acceptors (Lipinski definition) is 5. The van der Waals surface area contributed by atoms with Crippen LogP contribution in [0, 0.1) is 5.41 Å².